The van der Waals surface area contributed by atoms with E-state index in [0.717, 1.165) is 11.1 Å². The smallest absolute Gasteiger partial charge is 0.118 e. The molecule has 0 aliphatic carbocycles. The molecule has 1 saturated heterocycles. The van der Waals surface area contributed by atoms with Gasteiger partial charge in [-0.05, 0) is 24.1 Å². The molecule has 0 unspecified atom stereocenters. The SMILES string of the molecule is Cc1ccc(C2(O)CNC2)cc1O. The van der Waals surface area contributed by atoms with Crippen LogP contribution < -0.4 is 5.32 Å². The molecule has 70 valence electrons. The monoisotopic (exact) mass is 179 g/mol. The highest BCUT2D eigenvalue weighted by atomic mass is 16.3. The molecule has 0 atom stereocenters. The van der Waals surface area contributed by atoms with Gasteiger partial charge in [0.1, 0.15) is 11.4 Å². The van der Waals surface area contributed by atoms with Gasteiger partial charge in [0.25, 0.3) is 0 Å². The van der Waals surface area contributed by atoms with Crippen LogP contribution in [0.25, 0.3) is 0 Å². The molecule has 1 fully saturated rings. The van der Waals surface area contributed by atoms with Gasteiger partial charge in [0.2, 0.25) is 0 Å². The zero-order chi connectivity index (χ0) is 9.47. The van der Waals surface area contributed by atoms with Gasteiger partial charge in [0, 0.05) is 13.1 Å². The predicted molar refractivity (Wildman–Crippen MR) is 49.6 cm³/mol. The first kappa shape index (κ1) is 8.53. The molecule has 3 nitrogen and oxygen atoms in total. The van der Waals surface area contributed by atoms with Crippen LogP contribution >= 0.6 is 0 Å². The normalized spacial score (nSPS) is 19.5. The van der Waals surface area contributed by atoms with E-state index in [0.29, 0.717) is 13.1 Å². The molecule has 0 aromatic heterocycles. The van der Waals surface area contributed by atoms with Crippen LogP contribution in [0.15, 0.2) is 18.2 Å². The average molecular weight is 179 g/mol. The number of rotatable bonds is 1. The molecule has 3 heteroatoms. The third kappa shape index (κ3) is 1.30. The quantitative estimate of drug-likeness (QED) is 0.588. The van der Waals surface area contributed by atoms with Crippen molar-refractivity contribution in [3.05, 3.63) is 29.3 Å². The first-order valence-corrected chi connectivity index (χ1v) is 4.35. The lowest BCUT2D eigenvalue weighted by molar-refractivity contribution is -0.0148. The number of aliphatic hydroxyl groups is 1. The Morgan fingerprint density at radius 2 is 2.08 bits per heavy atom. The largest absolute Gasteiger partial charge is 0.508 e. The minimum Gasteiger partial charge on any atom is -0.508 e. The lowest BCUT2D eigenvalue weighted by Crippen LogP contribution is -2.56. The molecule has 1 aromatic rings. The molecule has 0 bridgehead atoms. The van der Waals surface area contributed by atoms with Gasteiger partial charge in [-0.25, -0.2) is 0 Å². The van der Waals surface area contributed by atoms with Gasteiger partial charge in [0.15, 0.2) is 0 Å². The van der Waals surface area contributed by atoms with Crippen molar-refractivity contribution in [2.24, 2.45) is 0 Å². The van der Waals surface area contributed by atoms with E-state index in [4.69, 9.17) is 0 Å². The number of hydrogen-bond donors (Lipinski definition) is 3. The van der Waals surface area contributed by atoms with Crippen LogP contribution in [0.1, 0.15) is 11.1 Å². The summed E-state index contributed by atoms with van der Waals surface area (Å²) in [6.07, 6.45) is 0. The molecule has 1 aliphatic rings. The maximum atomic E-state index is 9.92. The Balaban J connectivity index is 2.36. The van der Waals surface area contributed by atoms with Crippen LogP contribution in [-0.2, 0) is 5.60 Å². The van der Waals surface area contributed by atoms with Crippen LogP contribution in [0.5, 0.6) is 5.75 Å². The third-order valence-corrected chi connectivity index (χ3v) is 2.58. The van der Waals surface area contributed by atoms with Gasteiger partial charge in [-0.3, -0.25) is 0 Å². The van der Waals surface area contributed by atoms with E-state index in [1.165, 1.54) is 0 Å². The predicted octanol–water partition coefficient (Wildman–Crippen LogP) is 0.491. The third-order valence-electron chi connectivity index (χ3n) is 2.58. The molecule has 0 amide bonds. The Hall–Kier alpha value is -1.06. The van der Waals surface area contributed by atoms with Gasteiger partial charge in [0.05, 0.1) is 0 Å². The number of phenols is 1. The first-order valence-electron chi connectivity index (χ1n) is 4.35. The Kier molecular flexibility index (Phi) is 1.78. The second-order valence-electron chi connectivity index (χ2n) is 3.64. The fraction of sp³-hybridized carbons (Fsp3) is 0.400. The topological polar surface area (TPSA) is 52.5 Å². The molecule has 0 saturated carbocycles. The second-order valence-corrected chi connectivity index (χ2v) is 3.64. The van der Waals surface area contributed by atoms with Gasteiger partial charge in [-0.1, -0.05) is 12.1 Å². The van der Waals surface area contributed by atoms with Gasteiger partial charge in [-0.15, -0.1) is 0 Å². The second kappa shape index (κ2) is 2.72. The minimum atomic E-state index is -0.773. The van der Waals surface area contributed by atoms with Gasteiger partial charge >= 0.3 is 0 Å². The molecule has 2 rings (SSSR count). The van der Waals surface area contributed by atoms with Crippen molar-refractivity contribution in [2.75, 3.05) is 13.1 Å². The maximum Gasteiger partial charge on any atom is 0.118 e. The summed E-state index contributed by atoms with van der Waals surface area (Å²) in [5.74, 6) is 0.248. The maximum absolute atomic E-state index is 9.92. The van der Waals surface area contributed by atoms with Crippen LogP contribution in [0, 0.1) is 6.92 Å². The highest BCUT2D eigenvalue weighted by Gasteiger charge is 2.36. The number of aryl methyl sites for hydroxylation is 1. The van der Waals surface area contributed by atoms with Crippen LogP contribution in [0.2, 0.25) is 0 Å². The molecule has 3 N–H and O–H groups in total. The van der Waals surface area contributed by atoms with Crippen molar-refractivity contribution >= 4 is 0 Å². The average Bonchev–Trinajstić information content (AvgIpc) is 2.06. The Morgan fingerprint density at radius 1 is 1.38 bits per heavy atom. The summed E-state index contributed by atoms with van der Waals surface area (Å²) >= 11 is 0. The minimum absolute atomic E-state index is 0.248. The summed E-state index contributed by atoms with van der Waals surface area (Å²) in [6.45, 7) is 2.97. The lowest BCUT2D eigenvalue weighted by atomic mass is 9.87. The molecule has 0 radical (unpaired) electrons. The van der Waals surface area contributed by atoms with E-state index < -0.39 is 5.60 Å². The van der Waals surface area contributed by atoms with Crippen LogP contribution in [0.4, 0.5) is 0 Å². The summed E-state index contributed by atoms with van der Waals surface area (Å²) in [7, 11) is 0. The zero-order valence-electron chi connectivity index (χ0n) is 7.54. The Bertz CT molecular complexity index is 332. The highest BCUT2D eigenvalue weighted by molar-refractivity contribution is 5.39. The van der Waals surface area contributed by atoms with Crippen molar-refractivity contribution in [3.63, 3.8) is 0 Å². The fourth-order valence-electron chi connectivity index (χ4n) is 1.46. The standard InChI is InChI=1S/C10H13NO2/c1-7-2-3-8(4-9(7)12)10(13)5-11-6-10/h2-4,11-13H,5-6H2,1H3. The summed E-state index contributed by atoms with van der Waals surface area (Å²) in [5, 5.41) is 22.4. The number of hydrogen-bond acceptors (Lipinski definition) is 3. The van der Waals surface area contributed by atoms with Crippen LogP contribution in [0.3, 0.4) is 0 Å². The van der Waals surface area contributed by atoms with Crippen molar-refractivity contribution in [2.45, 2.75) is 12.5 Å². The molecule has 1 heterocycles. The van der Waals surface area contributed by atoms with E-state index in [1.54, 1.807) is 6.07 Å². The summed E-state index contributed by atoms with van der Waals surface area (Å²) in [4.78, 5) is 0. The van der Waals surface area contributed by atoms with Gasteiger partial charge < -0.3 is 15.5 Å². The van der Waals surface area contributed by atoms with E-state index in [1.807, 2.05) is 19.1 Å². The first-order chi connectivity index (χ1) is 6.12. The fourth-order valence-corrected chi connectivity index (χ4v) is 1.46. The lowest BCUT2D eigenvalue weighted by Gasteiger charge is -2.38. The summed E-state index contributed by atoms with van der Waals surface area (Å²) in [6, 6.07) is 5.31. The van der Waals surface area contributed by atoms with Gasteiger partial charge in [-0.2, -0.15) is 0 Å². The van der Waals surface area contributed by atoms with E-state index in [-0.39, 0.29) is 5.75 Å². The van der Waals surface area contributed by atoms with E-state index >= 15 is 0 Å². The molecular weight excluding hydrogens is 166 g/mol. The van der Waals surface area contributed by atoms with Crippen molar-refractivity contribution < 1.29 is 10.2 Å². The number of phenolic OH excluding ortho intramolecular Hbond substituents is 1. The number of nitrogens with one attached hydrogen (secondary N) is 1. The molecular formula is C10H13NO2. The molecule has 13 heavy (non-hydrogen) atoms. The van der Waals surface area contributed by atoms with Crippen molar-refractivity contribution in [1.82, 2.24) is 5.32 Å². The summed E-state index contributed by atoms with van der Waals surface area (Å²) in [5.41, 5.74) is 0.847. The highest BCUT2D eigenvalue weighted by Crippen LogP contribution is 2.29. The van der Waals surface area contributed by atoms with Crippen LogP contribution in [-0.4, -0.2) is 23.3 Å². The van der Waals surface area contributed by atoms with Crippen molar-refractivity contribution in [1.29, 1.82) is 0 Å². The Morgan fingerprint density at radius 3 is 2.54 bits per heavy atom. The van der Waals surface area contributed by atoms with E-state index in [2.05, 4.69) is 5.32 Å². The van der Waals surface area contributed by atoms with E-state index in [9.17, 15) is 10.2 Å². The van der Waals surface area contributed by atoms with Crippen molar-refractivity contribution in [3.8, 4) is 5.75 Å². The molecule has 0 spiro atoms. The molecule has 1 aromatic carbocycles. The zero-order valence-corrected chi connectivity index (χ0v) is 7.54. The number of aromatic hydroxyl groups is 1. The Labute approximate surface area is 77.0 Å². The summed E-state index contributed by atoms with van der Waals surface area (Å²) < 4.78 is 0. The number of benzene rings is 1. The number of β-amino-alcohol motifs (C(OH)–C–C–N with tert-alkyl or cyclic N) is 1. The molecule has 1 aliphatic heterocycles.